The SMILES string of the molecule is COC(=O)C=Cc1ccc(F)cc1. The van der Waals surface area contributed by atoms with E-state index in [9.17, 15) is 9.18 Å². The lowest BCUT2D eigenvalue weighted by atomic mass is 10.2. The number of carbonyl (C=O) groups excluding carboxylic acids is 1. The summed E-state index contributed by atoms with van der Waals surface area (Å²) in [7, 11) is 1.30. The summed E-state index contributed by atoms with van der Waals surface area (Å²) >= 11 is 0. The van der Waals surface area contributed by atoms with E-state index in [1.807, 2.05) is 0 Å². The van der Waals surface area contributed by atoms with Crippen molar-refractivity contribution in [3.63, 3.8) is 0 Å². The molecule has 0 saturated carbocycles. The lowest BCUT2D eigenvalue weighted by Gasteiger charge is -1.92. The van der Waals surface area contributed by atoms with E-state index >= 15 is 0 Å². The van der Waals surface area contributed by atoms with Gasteiger partial charge < -0.3 is 4.74 Å². The zero-order valence-corrected chi connectivity index (χ0v) is 7.16. The topological polar surface area (TPSA) is 26.3 Å². The molecule has 0 saturated heterocycles. The van der Waals surface area contributed by atoms with E-state index < -0.39 is 5.97 Å². The fourth-order valence-corrected chi connectivity index (χ4v) is 0.806. The van der Waals surface area contributed by atoms with E-state index in [4.69, 9.17) is 0 Å². The molecule has 13 heavy (non-hydrogen) atoms. The summed E-state index contributed by atoms with van der Waals surface area (Å²) in [6.45, 7) is 0. The standard InChI is InChI=1S/C10H9FO2/c1-13-10(12)7-4-8-2-5-9(11)6-3-8/h2-7H,1H3. The highest BCUT2D eigenvalue weighted by Gasteiger charge is 1.92. The zero-order valence-electron chi connectivity index (χ0n) is 7.16. The Bertz CT molecular complexity index is 314. The van der Waals surface area contributed by atoms with Gasteiger partial charge in [0.1, 0.15) is 5.82 Å². The third kappa shape index (κ3) is 3.07. The van der Waals surface area contributed by atoms with Crippen LogP contribution in [0.1, 0.15) is 5.56 Å². The number of esters is 1. The molecule has 0 unspecified atom stereocenters. The molecule has 0 spiro atoms. The van der Waals surface area contributed by atoms with Crippen LogP contribution in [0.2, 0.25) is 0 Å². The van der Waals surface area contributed by atoms with Crippen LogP contribution in [0.5, 0.6) is 0 Å². The van der Waals surface area contributed by atoms with E-state index in [0.29, 0.717) is 0 Å². The smallest absolute Gasteiger partial charge is 0.330 e. The molecule has 0 amide bonds. The molecule has 0 aliphatic rings. The van der Waals surface area contributed by atoms with E-state index in [1.54, 1.807) is 18.2 Å². The van der Waals surface area contributed by atoms with Gasteiger partial charge >= 0.3 is 5.97 Å². The molecule has 3 heteroatoms. The van der Waals surface area contributed by atoms with Crippen molar-refractivity contribution in [2.24, 2.45) is 0 Å². The number of hydrogen-bond donors (Lipinski definition) is 0. The van der Waals surface area contributed by atoms with Gasteiger partial charge in [-0.1, -0.05) is 12.1 Å². The van der Waals surface area contributed by atoms with Crippen LogP contribution in [0, 0.1) is 5.82 Å². The normalized spacial score (nSPS) is 10.3. The predicted octanol–water partition coefficient (Wildman–Crippen LogP) is 2.01. The molecule has 0 fully saturated rings. The first-order chi connectivity index (χ1) is 6.22. The maximum Gasteiger partial charge on any atom is 0.330 e. The first-order valence-electron chi connectivity index (χ1n) is 3.74. The van der Waals surface area contributed by atoms with Crippen molar-refractivity contribution in [1.82, 2.24) is 0 Å². The summed E-state index contributed by atoms with van der Waals surface area (Å²) < 4.78 is 16.8. The summed E-state index contributed by atoms with van der Waals surface area (Å²) in [5.41, 5.74) is 0.756. The van der Waals surface area contributed by atoms with Crippen LogP contribution in [-0.4, -0.2) is 13.1 Å². The van der Waals surface area contributed by atoms with Crippen LogP contribution in [0.25, 0.3) is 6.08 Å². The molecular weight excluding hydrogens is 171 g/mol. The average Bonchev–Trinajstić information content (AvgIpc) is 2.16. The van der Waals surface area contributed by atoms with Gasteiger partial charge in [0.2, 0.25) is 0 Å². The highest BCUT2D eigenvalue weighted by Crippen LogP contribution is 2.04. The second-order valence-corrected chi connectivity index (χ2v) is 2.41. The monoisotopic (exact) mass is 180 g/mol. The average molecular weight is 180 g/mol. The molecular formula is C10H9FO2. The third-order valence-electron chi connectivity index (χ3n) is 1.48. The molecule has 2 nitrogen and oxygen atoms in total. The number of hydrogen-bond acceptors (Lipinski definition) is 2. The van der Waals surface area contributed by atoms with Gasteiger partial charge in [-0.25, -0.2) is 9.18 Å². The number of carbonyl (C=O) groups is 1. The van der Waals surface area contributed by atoms with Crippen LogP contribution in [0.3, 0.4) is 0 Å². The van der Waals surface area contributed by atoms with Gasteiger partial charge in [0.15, 0.2) is 0 Å². The van der Waals surface area contributed by atoms with Gasteiger partial charge in [0.05, 0.1) is 7.11 Å². The van der Waals surface area contributed by atoms with Crippen molar-refractivity contribution in [1.29, 1.82) is 0 Å². The Balaban J connectivity index is 2.69. The maximum absolute atomic E-state index is 12.4. The Morgan fingerprint density at radius 2 is 2.00 bits per heavy atom. The molecule has 0 bridgehead atoms. The summed E-state index contributed by atoms with van der Waals surface area (Å²) in [5.74, 6) is -0.723. The Kier molecular flexibility index (Phi) is 3.20. The van der Waals surface area contributed by atoms with Gasteiger partial charge in [-0.2, -0.15) is 0 Å². The summed E-state index contributed by atoms with van der Waals surface area (Å²) in [4.78, 5) is 10.7. The third-order valence-corrected chi connectivity index (χ3v) is 1.48. The molecule has 0 aliphatic heterocycles. The number of rotatable bonds is 2. The maximum atomic E-state index is 12.4. The molecule has 1 aromatic carbocycles. The molecule has 68 valence electrons. The van der Waals surface area contributed by atoms with Gasteiger partial charge in [-0.05, 0) is 23.8 Å². The summed E-state index contributed by atoms with van der Waals surface area (Å²) in [6, 6.07) is 5.82. The molecule has 0 N–H and O–H groups in total. The molecule has 0 heterocycles. The fourth-order valence-electron chi connectivity index (χ4n) is 0.806. The van der Waals surface area contributed by atoms with Crippen LogP contribution in [0.4, 0.5) is 4.39 Å². The van der Waals surface area contributed by atoms with Gasteiger partial charge in [-0.3, -0.25) is 0 Å². The Hall–Kier alpha value is -1.64. The predicted molar refractivity (Wildman–Crippen MR) is 47.5 cm³/mol. The minimum Gasteiger partial charge on any atom is -0.466 e. The van der Waals surface area contributed by atoms with Crippen molar-refractivity contribution in [2.75, 3.05) is 7.11 Å². The van der Waals surface area contributed by atoms with Crippen LogP contribution in [-0.2, 0) is 9.53 Å². The summed E-state index contributed by atoms with van der Waals surface area (Å²) in [6.07, 6.45) is 2.85. The van der Waals surface area contributed by atoms with Crippen LogP contribution < -0.4 is 0 Å². The lowest BCUT2D eigenvalue weighted by molar-refractivity contribution is -0.134. The molecule has 1 aromatic rings. The second-order valence-electron chi connectivity index (χ2n) is 2.41. The van der Waals surface area contributed by atoms with E-state index in [-0.39, 0.29) is 5.82 Å². The van der Waals surface area contributed by atoms with Crippen molar-refractivity contribution in [2.45, 2.75) is 0 Å². The molecule has 0 aromatic heterocycles. The van der Waals surface area contributed by atoms with Crippen molar-refractivity contribution >= 4 is 12.0 Å². The highest BCUT2D eigenvalue weighted by atomic mass is 19.1. The van der Waals surface area contributed by atoms with Gasteiger partial charge in [-0.15, -0.1) is 0 Å². The molecule has 0 aliphatic carbocycles. The molecule has 0 radical (unpaired) electrons. The molecule has 1 rings (SSSR count). The first kappa shape index (κ1) is 9.45. The number of benzene rings is 1. The van der Waals surface area contributed by atoms with Gasteiger partial charge in [0.25, 0.3) is 0 Å². The minimum absolute atomic E-state index is 0.296. The lowest BCUT2D eigenvalue weighted by Crippen LogP contribution is -1.93. The highest BCUT2D eigenvalue weighted by molar-refractivity contribution is 5.86. The Labute approximate surface area is 75.6 Å². The van der Waals surface area contributed by atoms with E-state index in [1.165, 1.54) is 25.3 Å². The van der Waals surface area contributed by atoms with E-state index in [0.717, 1.165) is 5.56 Å². The largest absolute Gasteiger partial charge is 0.466 e. The Morgan fingerprint density at radius 1 is 1.38 bits per heavy atom. The van der Waals surface area contributed by atoms with Crippen molar-refractivity contribution < 1.29 is 13.9 Å². The number of halogens is 1. The van der Waals surface area contributed by atoms with E-state index in [2.05, 4.69) is 4.74 Å². The van der Waals surface area contributed by atoms with Crippen LogP contribution >= 0.6 is 0 Å². The second kappa shape index (κ2) is 4.40. The minimum atomic E-state index is -0.427. The number of ether oxygens (including phenoxy) is 1. The first-order valence-corrected chi connectivity index (χ1v) is 3.74. The quantitative estimate of drug-likeness (QED) is 0.514. The van der Waals surface area contributed by atoms with Crippen molar-refractivity contribution in [3.8, 4) is 0 Å². The zero-order chi connectivity index (χ0) is 9.68. The van der Waals surface area contributed by atoms with Crippen LogP contribution in [0.15, 0.2) is 30.3 Å². The summed E-state index contributed by atoms with van der Waals surface area (Å²) in [5, 5.41) is 0. The van der Waals surface area contributed by atoms with Crippen molar-refractivity contribution in [3.05, 3.63) is 41.7 Å². The Morgan fingerprint density at radius 3 is 2.54 bits per heavy atom. The fraction of sp³-hybridized carbons (Fsp3) is 0.100. The molecule has 0 atom stereocenters. The number of methoxy groups -OCH3 is 1. The van der Waals surface area contributed by atoms with Gasteiger partial charge in [0, 0.05) is 6.08 Å².